The second-order valence-corrected chi connectivity index (χ2v) is 12.1. The first-order valence-corrected chi connectivity index (χ1v) is 16.3. The molecule has 2 aliphatic carbocycles. The molecule has 6 rings (SSSR count). The molecule has 0 atom stereocenters. The van der Waals surface area contributed by atoms with E-state index in [2.05, 4.69) is 13.2 Å². The molecule has 56 heavy (non-hydrogen) atoms. The van der Waals surface area contributed by atoms with Crippen molar-refractivity contribution in [3.05, 3.63) is 182 Å². The van der Waals surface area contributed by atoms with Gasteiger partial charge in [0.2, 0.25) is 0 Å². The number of allylic oxidation sites excluding steroid dienone is 12. The molecule has 0 saturated carbocycles. The Bertz CT molecular complexity index is 2980. The van der Waals surface area contributed by atoms with Crippen molar-refractivity contribution in [1.82, 2.24) is 0 Å². The average Bonchev–Trinajstić information content (AvgIpc) is 3.77. The summed E-state index contributed by atoms with van der Waals surface area (Å²) >= 11 is 0. The van der Waals surface area contributed by atoms with Crippen LogP contribution in [0.4, 0.5) is 8.78 Å². The maximum absolute atomic E-state index is 17.9. The van der Waals surface area contributed by atoms with E-state index in [1.807, 2.05) is 48.6 Å². The lowest BCUT2D eigenvalue weighted by Gasteiger charge is -2.16. The molecule has 0 amide bonds. The lowest BCUT2D eigenvalue weighted by atomic mass is 9.86. The zero-order valence-electron chi connectivity index (χ0n) is 28.8. The summed E-state index contributed by atoms with van der Waals surface area (Å²) in [5, 5.41) is 81.8. The Morgan fingerprint density at radius 3 is 1.43 bits per heavy atom. The fraction of sp³-hybridized carbons (Fsp3) is 0. The number of rotatable bonds is 6. The molecule has 4 aromatic carbocycles. The molecule has 0 radical (unpaired) electrons. The molecular weight excluding hydrogens is 703 g/mol. The third-order valence-electron chi connectivity index (χ3n) is 9.10. The molecule has 10 heteroatoms. The summed E-state index contributed by atoms with van der Waals surface area (Å²) in [5.41, 5.74) is -4.06. The Morgan fingerprint density at radius 2 is 1.00 bits per heavy atom. The summed E-state index contributed by atoms with van der Waals surface area (Å²) in [4.78, 5) is 0. The van der Waals surface area contributed by atoms with Gasteiger partial charge in [0.15, 0.2) is 0 Å². The van der Waals surface area contributed by atoms with Crippen molar-refractivity contribution in [3.63, 3.8) is 0 Å². The van der Waals surface area contributed by atoms with E-state index < -0.39 is 39.5 Å². The Morgan fingerprint density at radius 1 is 0.554 bits per heavy atom. The van der Waals surface area contributed by atoms with Crippen molar-refractivity contribution in [3.8, 4) is 48.6 Å². The highest BCUT2D eigenvalue weighted by Gasteiger charge is 2.44. The van der Waals surface area contributed by atoms with Gasteiger partial charge in [-0.2, -0.15) is 42.1 Å². The van der Waals surface area contributed by atoms with Crippen LogP contribution in [-0.4, -0.2) is 0 Å². The molecule has 0 aliphatic heterocycles. The number of halogens is 2. The van der Waals surface area contributed by atoms with E-state index in [4.69, 9.17) is 0 Å². The molecule has 0 unspecified atom stereocenters. The first kappa shape index (κ1) is 36.6. The molecule has 0 heterocycles. The van der Waals surface area contributed by atoms with E-state index in [0.717, 1.165) is 0 Å². The van der Waals surface area contributed by atoms with Crippen LogP contribution in [0, 0.1) is 102 Å². The number of hydrogen-bond acceptors (Lipinski definition) is 8. The monoisotopic (exact) mass is 720 g/mol. The zero-order valence-corrected chi connectivity index (χ0v) is 28.8. The molecule has 0 N–H and O–H groups in total. The second-order valence-electron chi connectivity index (χ2n) is 12.1. The third kappa shape index (κ3) is 5.71. The minimum absolute atomic E-state index is 0.00115. The Hall–Kier alpha value is -9.16. The molecule has 0 bridgehead atoms. The second kappa shape index (κ2) is 14.8. The fourth-order valence-corrected chi connectivity index (χ4v) is 6.92. The van der Waals surface area contributed by atoms with E-state index >= 15 is 8.78 Å². The number of nitrogens with zero attached hydrogens (tertiary/aromatic N) is 8. The maximum atomic E-state index is 17.9. The smallest absolute Gasteiger partial charge is 0.141 e. The van der Waals surface area contributed by atoms with Crippen molar-refractivity contribution in [1.29, 1.82) is 42.1 Å². The van der Waals surface area contributed by atoms with Crippen LogP contribution in [0.25, 0.3) is 39.0 Å². The van der Waals surface area contributed by atoms with Crippen molar-refractivity contribution in [2.75, 3.05) is 0 Å². The Balaban J connectivity index is 1.89. The van der Waals surface area contributed by atoms with Gasteiger partial charge in [-0.1, -0.05) is 61.7 Å². The van der Waals surface area contributed by atoms with Crippen molar-refractivity contribution in [2.45, 2.75) is 0 Å². The molecule has 4 aromatic rings. The van der Waals surface area contributed by atoms with Gasteiger partial charge in [0.25, 0.3) is 0 Å². The SMILES string of the molecule is C=C/C=C\C(=C)C1=C(C#N)c2c(F)c3c(c(F)c2/C1=C(\C#N)c1cc(C#N)cc(C#N)c1)C(C#N)=C(c1ccccc1)/C3=C(/C#N)c1cc(C#N)cc(C#N)c1. The van der Waals surface area contributed by atoms with Crippen LogP contribution < -0.4 is 0 Å². The summed E-state index contributed by atoms with van der Waals surface area (Å²) in [6, 6.07) is 31.5. The lowest BCUT2D eigenvalue weighted by Crippen LogP contribution is -2.05. The average molecular weight is 721 g/mol. The molecule has 256 valence electrons. The minimum Gasteiger partial charge on any atom is -0.206 e. The summed E-state index contributed by atoms with van der Waals surface area (Å²) in [6.45, 7) is 7.67. The van der Waals surface area contributed by atoms with Gasteiger partial charge in [0, 0.05) is 44.5 Å². The Kier molecular flexibility index (Phi) is 9.70. The van der Waals surface area contributed by atoms with Crippen LogP contribution in [0.1, 0.15) is 61.2 Å². The van der Waals surface area contributed by atoms with Crippen LogP contribution in [-0.2, 0) is 0 Å². The summed E-state index contributed by atoms with van der Waals surface area (Å²) in [6.07, 6.45) is 4.27. The summed E-state index contributed by atoms with van der Waals surface area (Å²) in [5.74, 6) is -2.42. The largest absolute Gasteiger partial charge is 0.206 e. The molecule has 0 fully saturated rings. The number of nitriles is 8. The fourth-order valence-electron chi connectivity index (χ4n) is 6.92. The normalized spacial score (nSPS) is 14.1. The van der Waals surface area contributed by atoms with Crippen LogP contribution in [0.2, 0.25) is 0 Å². The molecule has 2 aliphatic rings. The van der Waals surface area contributed by atoms with Gasteiger partial charge in [0.1, 0.15) is 35.9 Å². The molecular formula is C46H18F2N8. The molecule has 8 nitrogen and oxygen atoms in total. The zero-order chi connectivity index (χ0) is 40.3. The van der Waals surface area contributed by atoms with E-state index in [1.165, 1.54) is 54.6 Å². The van der Waals surface area contributed by atoms with Gasteiger partial charge >= 0.3 is 0 Å². The van der Waals surface area contributed by atoms with Crippen LogP contribution in [0.15, 0.2) is 109 Å². The number of hydrogen-bond donors (Lipinski definition) is 0. The molecule has 0 saturated heterocycles. The van der Waals surface area contributed by atoms with Gasteiger partial charge in [0.05, 0.1) is 68.8 Å². The highest BCUT2D eigenvalue weighted by Crippen LogP contribution is 2.57. The van der Waals surface area contributed by atoms with Gasteiger partial charge in [-0.3, -0.25) is 0 Å². The van der Waals surface area contributed by atoms with E-state index in [-0.39, 0.29) is 78.0 Å². The lowest BCUT2D eigenvalue weighted by molar-refractivity contribution is 0.590. The van der Waals surface area contributed by atoms with Crippen molar-refractivity contribution in [2.24, 2.45) is 0 Å². The molecule has 0 aromatic heterocycles. The minimum atomic E-state index is -1.21. The van der Waals surface area contributed by atoms with E-state index in [0.29, 0.717) is 5.56 Å². The first-order chi connectivity index (χ1) is 27.2. The van der Waals surface area contributed by atoms with E-state index in [9.17, 15) is 42.1 Å². The summed E-state index contributed by atoms with van der Waals surface area (Å²) in [7, 11) is 0. The highest BCUT2D eigenvalue weighted by atomic mass is 19.1. The van der Waals surface area contributed by atoms with E-state index in [1.54, 1.807) is 30.3 Å². The third-order valence-corrected chi connectivity index (χ3v) is 9.10. The van der Waals surface area contributed by atoms with Crippen molar-refractivity contribution >= 4 is 39.0 Å². The van der Waals surface area contributed by atoms with Gasteiger partial charge in [-0.05, 0) is 58.7 Å². The van der Waals surface area contributed by atoms with Gasteiger partial charge in [-0.15, -0.1) is 0 Å². The molecule has 0 spiro atoms. The summed E-state index contributed by atoms with van der Waals surface area (Å²) < 4.78 is 35.8. The predicted octanol–water partition coefficient (Wildman–Crippen LogP) is 9.36. The van der Waals surface area contributed by atoms with Gasteiger partial charge in [-0.25, -0.2) is 8.78 Å². The van der Waals surface area contributed by atoms with Gasteiger partial charge < -0.3 is 0 Å². The number of fused-ring (bicyclic) bond motifs is 2. The van der Waals surface area contributed by atoms with Crippen LogP contribution in [0.5, 0.6) is 0 Å². The standard InChI is InChI=1S/C46H18F2N8/c1-3-4-8-25(2)37-35(23-55)41-43(39(37)33(21-53)31-13-26(17-49)11-27(14-31)18-50)46(48)42-36(24-56)38(30-9-6-5-7-10-30)40(44(42)45(41)47)34(22-54)32-15-28(19-51)12-29(16-32)20-52/h3-16H,1-2H2/b8-4-,39-33+,40-34+. The first-order valence-electron chi connectivity index (χ1n) is 16.3. The predicted molar refractivity (Wildman–Crippen MR) is 203 cm³/mol. The topological polar surface area (TPSA) is 190 Å². The van der Waals surface area contributed by atoms with Crippen LogP contribution >= 0.6 is 0 Å². The maximum Gasteiger partial charge on any atom is 0.141 e. The van der Waals surface area contributed by atoms with Crippen LogP contribution in [0.3, 0.4) is 0 Å². The quantitative estimate of drug-likeness (QED) is 0.139. The number of benzene rings is 4. The van der Waals surface area contributed by atoms with Crippen molar-refractivity contribution < 1.29 is 8.78 Å². The Labute approximate surface area is 319 Å². The highest BCUT2D eigenvalue weighted by molar-refractivity contribution is 6.31.